The van der Waals surface area contributed by atoms with E-state index in [1.54, 1.807) is 7.11 Å². The second-order valence-corrected chi connectivity index (χ2v) is 3.45. The highest BCUT2D eigenvalue weighted by molar-refractivity contribution is 5.29. The van der Waals surface area contributed by atoms with Gasteiger partial charge in [-0.2, -0.15) is 0 Å². The number of aromatic nitrogens is 1. The first-order chi connectivity index (χ1) is 7.26. The quantitative estimate of drug-likeness (QED) is 0.763. The van der Waals surface area contributed by atoms with Gasteiger partial charge in [0.05, 0.1) is 6.61 Å². The van der Waals surface area contributed by atoms with E-state index in [0.717, 1.165) is 26.2 Å². The molecule has 1 rings (SSSR count). The third-order valence-electron chi connectivity index (χ3n) is 2.31. The van der Waals surface area contributed by atoms with Crippen LogP contribution in [0.2, 0.25) is 0 Å². The largest absolute Gasteiger partial charge is 0.384 e. The van der Waals surface area contributed by atoms with Crippen LogP contribution in [0.15, 0.2) is 18.3 Å². The minimum absolute atomic E-state index is 0.568. The average Bonchev–Trinajstić information content (AvgIpc) is 2.27. The Morgan fingerprint density at radius 2 is 2.27 bits per heavy atom. The van der Waals surface area contributed by atoms with Crippen molar-refractivity contribution in [1.82, 2.24) is 9.88 Å². The molecule has 0 atom stereocenters. The third-order valence-corrected chi connectivity index (χ3v) is 2.31. The van der Waals surface area contributed by atoms with Gasteiger partial charge in [-0.05, 0) is 18.2 Å². The van der Waals surface area contributed by atoms with E-state index in [0.29, 0.717) is 5.82 Å². The Bertz CT molecular complexity index is 274. The molecule has 15 heavy (non-hydrogen) atoms. The lowest BCUT2D eigenvalue weighted by Crippen LogP contribution is -2.26. The zero-order chi connectivity index (χ0) is 11.1. The van der Waals surface area contributed by atoms with Crippen LogP contribution in [-0.2, 0) is 11.3 Å². The van der Waals surface area contributed by atoms with Crippen molar-refractivity contribution in [2.75, 3.05) is 32.5 Å². The van der Waals surface area contributed by atoms with Gasteiger partial charge >= 0.3 is 0 Å². The molecule has 0 saturated carbocycles. The molecule has 0 saturated heterocycles. The molecular weight excluding hydrogens is 190 g/mol. The second-order valence-electron chi connectivity index (χ2n) is 3.45. The lowest BCUT2D eigenvalue weighted by molar-refractivity contribution is 0.147. The van der Waals surface area contributed by atoms with Crippen LogP contribution in [0.5, 0.6) is 0 Å². The van der Waals surface area contributed by atoms with Crippen molar-refractivity contribution in [3.05, 3.63) is 23.9 Å². The number of rotatable bonds is 6. The zero-order valence-electron chi connectivity index (χ0n) is 9.44. The molecule has 1 aromatic rings. The second kappa shape index (κ2) is 6.37. The van der Waals surface area contributed by atoms with Crippen molar-refractivity contribution in [3.63, 3.8) is 0 Å². The van der Waals surface area contributed by atoms with Gasteiger partial charge < -0.3 is 10.5 Å². The van der Waals surface area contributed by atoms with Crippen LogP contribution < -0.4 is 5.73 Å². The van der Waals surface area contributed by atoms with Crippen LogP contribution in [0.1, 0.15) is 12.5 Å². The summed E-state index contributed by atoms with van der Waals surface area (Å²) in [6.07, 6.45) is 1.82. The maximum absolute atomic E-state index is 5.53. The number of nitrogens with zero attached hydrogens (tertiary/aromatic N) is 2. The molecular formula is C11H19N3O. The number of anilines is 1. The molecule has 0 aliphatic heterocycles. The molecule has 2 N–H and O–H groups in total. The number of pyridine rings is 1. The molecule has 4 nitrogen and oxygen atoms in total. The van der Waals surface area contributed by atoms with Gasteiger partial charge in [-0.3, -0.25) is 4.90 Å². The summed E-state index contributed by atoms with van der Waals surface area (Å²) in [5.41, 5.74) is 6.71. The molecule has 0 radical (unpaired) electrons. The molecule has 1 aromatic heterocycles. The minimum atomic E-state index is 0.568. The van der Waals surface area contributed by atoms with Gasteiger partial charge in [0, 0.05) is 26.4 Å². The lowest BCUT2D eigenvalue weighted by atomic mass is 10.2. The lowest BCUT2D eigenvalue weighted by Gasteiger charge is -2.19. The summed E-state index contributed by atoms with van der Waals surface area (Å²) in [4.78, 5) is 6.37. The predicted molar refractivity (Wildman–Crippen MR) is 61.5 cm³/mol. The Hall–Kier alpha value is -1.13. The molecule has 0 spiro atoms. The van der Waals surface area contributed by atoms with Crippen molar-refractivity contribution in [2.45, 2.75) is 13.5 Å². The topological polar surface area (TPSA) is 51.4 Å². The Balaban J connectivity index is 2.47. The molecule has 0 fully saturated rings. The van der Waals surface area contributed by atoms with Crippen LogP contribution >= 0.6 is 0 Å². The van der Waals surface area contributed by atoms with E-state index in [9.17, 15) is 0 Å². The van der Waals surface area contributed by atoms with Crippen molar-refractivity contribution >= 4 is 5.82 Å². The SMILES string of the molecule is CCN(CCOC)Cc1ccc(N)nc1. The number of nitrogens with two attached hydrogens (primary N) is 1. The van der Waals surface area contributed by atoms with Crippen molar-refractivity contribution in [3.8, 4) is 0 Å². The molecule has 84 valence electrons. The summed E-state index contributed by atoms with van der Waals surface area (Å²) >= 11 is 0. The third kappa shape index (κ3) is 4.27. The summed E-state index contributed by atoms with van der Waals surface area (Å²) in [6.45, 7) is 5.74. The van der Waals surface area contributed by atoms with Gasteiger partial charge in [0.1, 0.15) is 5.82 Å². The first-order valence-corrected chi connectivity index (χ1v) is 5.18. The predicted octanol–water partition coefficient (Wildman–Crippen LogP) is 1.13. The number of ether oxygens (including phenoxy) is 1. The summed E-state index contributed by atoms with van der Waals surface area (Å²) in [6, 6.07) is 3.84. The normalized spacial score (nSPS) is 10.9. The summed E-state index contributed by atoms with van der Waals surface area (Å²) in [5, 5.41) is 0. The fourth-order valence-electron chi connectivity index (χ4n) is 1.36. The van der Waals surface area contributed by atoms with E-state index >= 15 is 0 Å². The molecule has 0 aliphatic rings. The molecule has 0 bridgehead atoms. The van der Waals surface area contributed by atoms with Crippen molar-refractivity contribution < 1.29 is 4.74 Å². The molecule has 0 unspecified atom stereocenters. The molecule has 0 amide bonds. The number of nitrogen functional groups attached to an aromatic ring is 1. The molecule has 0 aliphatic carbocycles. The van der Waals surface area contributed by atoms with Gasteiger partial charge in [-0.25, -0.2) is 4.98 Å². The number of hydrogen-bond acceptors (Lipinski definition) is 4. The summed E-state index contributed by atoms with van der Waals surface area (Å²) < 4.78 is 5.05. The van der Waals surface area contributed by atoms with E-state index in [2.05, 4.69) is 16.8 Å². The highest BCUT2D eigenvalue weighted by Gasteiger charge is 2.03. The van der Waals surface area contributed by atoms with Crippen LogP contribution in [0.25, 0.3) is 0 Å². The van der Waals surface area contributed by atoms with Crippen LogP contribution in [-0.4, -0.2) is 36.7 Å². The van der Waals surface area contributed by atoms with E-state index in [1.807, 2.05) is 18.3 Å². The van der Waals surface area contributed by atoms with Gasteiger partial charge in [0.15, 0.2) is 0 Å². The highest BCUT2D eigenvalue weighted by Crippen LogP contribution is 2.05. The molecule has 1 heterocycles. The van der Waals surface area contributed by atoms with Crippen LogP contribution in [0.4, 0.5) is 5.82 Å². The average molecular weight is 209 g/mol. The maximum Gasteiger partial charge on any atom is 0.123 e. The Kier molecular flexibility index (Phi) is 5.07. The minimum Gasteiger partial charge on any atom is -0.384 e. The first kappa shape index (κ1) is 11.9. The summed E-state index contributed by atoms with van der Waals surface area (Å²) in [7, 11) is 1.72. The smallest absolute Gasteiger partial charge is 0.123 e. The van der Waals surface area contributed by atoms with Crippen molar-refractivity contribution in [2.24, 2.45) is 0 Å². The molecule has 0 aromatic carbocycles. The van der Waals surface area contributed by atoms with Crippen LogP contribution in [0.3, 0.4) is 0 Å². The van der Waals surface area contributed by atoms with E-state index in [1.165, 1.54) is 5.56 Å². The van der Waals surface area contributed by atoms with E-state index < -0.39 is 0 Å². The molecule has 4 heteroatoms. The van der Waals surface area contributed by atoms with Gasteiger partial charge in [0.2, 0.25) is 0 Å². The van der Waals surface area contributed by atoms with Crippen molar-refractivity contribution in [1.29, 1.82) is 0 Å². The van der Waals surface area contributed by atoms with Crippen LogP contribution in [0, 0.1) is 0 Å². The Morgan fingerprint density at radius 3 is 2.80 bits per heavy atom. The van der Waals surface area contributed by atoms with Gasteiger partial charge in [0.25, 0.3) is 0 Å². The fraction of sp³-hybridized carbons (Fsp3) is 0.545. The monoisotopic (exact) mass is 209 g/mol. The Labute approximate surface area is 91.1 Å². The van der Waals surface area contributed by atoms with E-state index in [4.69, 9.17) is 10.5 Å². The fourth-order valence-corrected chi connectivity index (χ4v) is 1.36. The maximum atomic E-state index is 5.53. The highest BCUT2D eigenvalue weighted by atomic mass is 16.5. The summed E-state index contributed by atoms with van der Waals surface area (Å²) in [5.74, 6) is 0.568. The van der Waals surface area contributed by atoms with Gasteiger partial charge in [-0.15, -0.1) is 0 Å². The van der Waals surface area contributed by atoms with Gasteiger partial charge in [-0.1, -0.05) is 13.0 Å². The number of hydrogen-bond donors (Lipinski definition) is 1. The number of likely N-dealkylation sites (N-methyl/N-ethyl adjacent to an activating group) is 1. The Morgan fingerprint density at radius 1 is 1.47 bits per heavy atom. The zero-order valence-corrected chi connectivity index (χ0v) is 9.44. The van der Waals surface area contributed by atoms with E-state index in [-0.39, 0.29) is 0 Å². The number of methoxy groups -OCH3 is 1. The standard InChI is InChI=1S/C11H19N3O/c1-3-14(6-7-15-2)9-10-4-5-11(12)13-8-10/h4-5,8H,3,6-7,9H2,1-2H3,(H2,12,13). The first-order valence-electron chi connectivity index (χ1n) is 5.18.